The standard InChI is InChI=1S/2C21H27N3O.2C20H22N2O3.CH3.W/c1-14-11-20(22)19-12-18(9-10-21(19)24(14)15(2)25)17-7-5-16(6-8-17)13-23(3)4;1-14-11-20(23-4)19-12-18(9-10-21(19)24(14)15(2)25)17-7-5-16(6-8-17)13-22-3;1-12-10-18(21)17-11-16(8-9-19(17)22(12)13(2)23)14-4-6-15(7-5-14)20(24)25-3;1-12-10-18(21-3)17-11-16(8-9-19(17)22(12)13(2)23)14-4-6-15(7-5-14)20(24)25;;/h5-10,12,14,20H,11,13,22H2,1-4H3;5-10,12,14,20,22-23H,11,13H2,1-4H3;4-9,11-12,18H,10,21H2,1-3H3;4-9,11-12,18,21H,10H2,1-3H3,(H,24,25);1H3;/q;;;;-1;/t2*14-,20+;2*12-,18+;;/m0000../s1. The number of rotatable bonds is 12. The quantitative estimate of drug-likeness (QED) is 0.0493. The van der Waals surface area contributed by atoms with Crippen LogP contribution in [0.5, 0.6) is 0 Å². The number of methoxy groups -OCH3 is 1. The molecule has 8 aromatic rings. The number of benzene rings is 8. The Hall–Kier alpha value is -8.97. The van der Waals surface area contributed by atoms with E-state index in [1.165, 1.54) is 40.5 Å². The van der Waals surface area contributed by atoms with E-state index in [9.17, 15) is 28.8 Å². The van der Waals surface area contributed by atoms with Crippen LogP contribution in [0, 0.1) is 7.43 Å². The number of nitrogens with two attached hydrogens (primary N) is 2. The molecule has 8 aromatic carbocycles. The Bertz CT molecular complexity index is 4240. The zero-order chi connectivity index (χ0) is 72.4. The molecule has 0 bridgehead atoms. The van der Waals surface area contributed by atoms with Crippen LogP contribution in [-0.2, 0) is 58.1 Å². The van der Waals surface area contributed by atoms with E-state index in [1.807, 2.05) is 108 Å². The molecule has 0 radical (unpaired) electrons. The van der Waals surface area contributed by atoms with Gasteiger partial charge in [-0.05, 0) is 239 Å². The third-order valence-electron chi connectivity index (χ3n) is 19.4. The predicted molar refractivity (Wildman–Crippen MR) is 409 cm³/mol. The monoisotopic (exact) mass is 1550 g/mol. The van der Waals surface area contributed by atoms with Gasteiger partial charge in [0.15, 0.2) is 0 Å². The minimum atomic E-state index is -0.932. The van der Waals surface area contributed by atoms with E-state index in [-0.39, 0.29) is 112 Å². The van der Waals surface area contributed by atoms with Gasteiger partial charge in [0, 0.05) is 133 Å². The molecule has 0 spiro atoms. The van der Waals surface area contributed by atoms with E-state index in [1.54, 1.807) is 52.0 Å². The van der Waals surface area contributed by atoms with Gasteiger partial charge in [-0.25, -0.2) is 9.59 Å². The first-order chi connectivity index (χ1) is 47.7. The number of hydrogen-bond acceptors (Lipinski definition) is 13. The molecule has 0 saturated heterocycles. The second-order valence-electron chi connectivity index (χ2n) is 27.0. The zero-order valence-corrected chi connectivity index (χ0v) is 64.6. The molecule has 538 valence electrons. The van der Waals surface area contributed by atoms with Crippen LogP contribution in [0.15, 0.2) is 170 Å². The Morgan fingerprint density at radius 2 is 0.725 bits per heavy atom. The number of carbonyl (C=O) groups is 6. The number of fused-ring (bicyclic) bond motifs is 4. The van der Waals surface area contributed by atoms with Crippen LogP contribution >= 0.6 is 0 Å². The molecule has 8 atom stereocenters. The zero-order valence-electron chi connectivity index (χ0n) is 61.6. The van der Waals surface area contributed by atoms with Crippen LogP contribution in [0.25, 0.3) is 44.5 Å². The molecule has 8 N–H and O–H groups in total. The number of nitrogens with one attached hydrogen (secondary N) is 3. The fourth-order valence-corrected chi connectivity index (χ4v) is 14.6. The minimum Gasteiger partial charge on any atom is -0.478 e. The van der Waals surface area contributed by atoms with Gasteiger partial charge < -0.3 is 69.2 Å². The molecule has 0 aromatic heterocycles. The summed E-state index contributed by atoms with van der Waals surface area (Å²) in [6, 6.07) is 57.0. The van der Waals surface area contributed by atoms with Crippen LogP contribution in [0.2, 0.25) is 0 Å². The Morgan fingerprint density at radius 3 is 1.02 bits per heavy atom. The van der Waals surface area contributed by atoms with E-state index in [2.05, 4.69) is 141 Å². The smallest absolute Gasteiger partial charge is 0.337 e. The minimum absolute atomic E-state index is 0. The number of esters is 1. The van der Waals surface area contributed by atoms with Gasteiger partial charge in [0.05, 0.1) is 18.2 Å². The first-order valence-electron chi connectivity index (χ1n) is 34.4. The van der Waals surface area contributed by atoms with Gasteiger partial charge in [0.1, 0.15) is 0 Å². The number of carboxylic acids is 1. The fraction of sp³-hybridized carbons (Fsp3) is 0.337. The number of carboxylic acid groups (broad SMARTS) is 1. The molecular weight excluding hydrogens is 1450 g/mol. The van der Waals surface area contributed by atoms with Crippen LogP contribution in [0.1, 0.15) is 159 Å². The molecular formula is C83H101N10O8W-. The number of ether oxygens (including phenoxy) is 1. The van der Waals surface area contributed by atoms with Crippen molar-refractivity contribution in [3.8, 4) is 44.5 Å². The molecule has 4 aliphatic rings. The van der Waals surface area contributed by atoms with Crippen molar-refractivity contribution in [3.05, 3.63) is 222 Å². The molecule has 0 aliphatic carbocycles. The molecule has 4 heterocycles. The van der Waals surface area contributed by atoms with E-state index in [0.29, 0.717) is 5.56 Å². The van der Waals surface area contributed by atoms with Gasteiger partial charge >= 0.3 is 11.9 Å². The molecule has 18 nitrogen and oxygen atoms in total. The summed E-state index contributed by atoms with van der Waals surface area (Å²) in [4.78, 5) is 80.4. The van der Waals surface area contributed by atoms with Crippen LogP contribution < -0.4 is 47.0 Å². The summed E-state index contributed by atoms with van der Waals surface area (Å²) >= 11 is 0. The molecule has 19 heteroatoms. The third-order valence-corrected chi connectivity index (χ3v) is 19.4. The van der Waals surface area contributed by atoms with Crippen molar-refractivity contribution in [2.24, 2.45) is 11.5 Å². The average Bonchev–Trinajstić information content (AvgIpc) is 0.792. The summed E-state index contributed by atoms with van der Waals surface area (Å²) in [5, 5.41) is 18.9. The third kappa shape index (κ3) is 18.4. The van der Waals surface area contributed by atoms with Crippen molar-refractivity contribution in [2.75, 3.05) is 61.9 Å². The molecule has 12 rings (SSSR count). The van der Waals surface area contributed by atoms with Crippen LogP contribution in [0.3, 0.4) is 0 Å². The molecule has 102 heavy (non-hydrogen) atoms. The maximum absolute atomic E-state index is 12.1. The van der Waals surface area contributed by atoms with Crippen molar-refractivity contribution < 1.29 is 59.7 Å². The first kappa shape index (κ1) is 80.3. The van der Waals surface area contributed by atoms with E-state index in [0.717, 1.165) is 106 Å². The second-order valence-corrected chi connectivity index (χ2v) is 27.0. The number of aromatic carboxylic acids is 1. The predicted octanol–water partition coefficient (Wildman–Crippen LogP) is 14.2. The van der Waals surface area contributed by atoms with Crippen molar-refractivity contribution in [1.29, 1.82) is 0 Å². The number of nitrogens with zero attached hydrogens (tertiary/aromatic N) is 5. The second kappa shape index (κ2) is 35.8. The van der Waals surface area contributed by atoms with Crippen LogP contribution in [0.4, 0.5) is 22.7 Å². The summed E-state index contributed by atoms with van der Waals surface area (Å²) in [6.45, 7) is 16.5. The van der Waals surface area contributed by atoms with Crippen molar-refractivity contribution in [1.82, 2.24) is 20.9 Å². The summed E-state index contributed by atoms with van der Waals surface area (Å²) < 4.78 is 4.72. The average molecular weight is 1550 g/mol. The normalized spacial score (nSPS) is 19.1. The maximum Gasteiger partial charge on any atom is 0.337 e. The topological polar surface area (TPSA) is 236 Å². The van der Waals surface area contributed by atoms with Gasteiger partial charge in [-0.15, -0.1) is 0 Å². The molecule has 0 saturated carbocycles. The molecule has 0 unspecified atom stereocenters. The van der Waals surface area contributed by atoms with Crippen LogP contribution in [-0.4, -0.2) is 112 Å². The molecule has 4 amide bonds. The fourth-order valence-electron chi connectivity index (χ4n) is 14.6. The Balaban J connectivity index is 0.000000189. The largest absolute Gasteiger partial charge is 0.478 e. The van der Waals surface area contributed by atoms with Gasteiger partial charge in [-0.3, -0.25) is 19.2 Å². The Morgan fingerprint density at radius 1 is 0.441 bits per heavy atom. The summed E-state index contributed by atoms with van der Waals surface area (Å²) in [5.74, 6) is -1.05. The first-order valence-corrected chi connectivity index (χ1v) is 34.4. The van der Waals surface area contributed by atoms with Gasteiger partial charge in [-0.1, -0.05) is 97.1 Å². The summed E-state index contributed by atoms with van der Waals surface area (Å²) in [6.07, 6.45) is 3.30. The van der Waals surface area contributed by atoms with Gasteiger partial charge in [0.2, 0.25) is 23.6 Å². The molecule has 0 fully saturated rings. The van der Waals surface area contributed by atoms with Crippen molar-refractivity contribution in [3.63, 3.8) is 0 Å². The van der Waals surface area contributed by atoms with Gasteiger partial charge in [-0.2, -0.15) is 0 Å². The maximum atomic E-state index is 12.1. The SMILES string of the molecule is CC(=O)N1c2ccc(-c3ccc(CN(C)C)cc3)cc2[C@H](N)C[C@@H]1C.CNCc1ccc(-c2ccc3c(c2)[C@H](NC)C[C@H](C)N3C(C)=O)cc1.CN[C@@H]1C[C@H](C)N(C(C)=O)c2ccc(-c3ccc(C(=O)O)cc3)cc21.COC(=O)c1ccc(-c2ccc3c(c2)[C@H](N)C[C@H](C)N3C(C)=O)cc1.[CH3-].[W]. The number of carbonyl (C=O) groups excluding carboxylic acids is 5. The van der Waals surface area contributed by atoms with Crippen molar-refractivity contribution >= 4 is 58.3 Å². The Kier molecular flexibility index (Phi) is 28.2. The number of hydrogen-bond donors (Lipinski definition) is 6. The van der Waals surface area contributed by atoms with E-state index in [4.69, 9.17) is 21.3 Å². The number of anilines is 4. The molecule has 4 aliphatic heterocycles. The summed E-state index contributed by atoms with van der Waals surface area (Å²) in [7, 11) is 11.4. The number of amides is 4. The van der Waals surface area contributed by atoms with E-state index >= 15 is 0 Å². The Labute approximate surface area is 617 Å². The van der Waals surface area contributed by atoms with Gasteiger partial charge in [0.25, 0.3) is 0 Å². The van der Waals surface area contributed by atoms with Crippen molar-refractivity contribution in [2.45, 2.75) is 142 Å². The summed E-state index contributed by atoms with van der Waals surface area (Å²) in [5.41, 5.74) is 32.8. The van der Waals surface area contributed by atoms with E-state index < -0.39 is 5.97 Å².